The molecular weight excluding hydrogens is 280 g/mol. The summed E-state index contributed by atoms with van der Waals surface area (Å²) in [5.41, 5.74) is 1.13. The van der Waals surface area contributed by atoms with Gasteiger partial charge in [-0.2, -0.15) is 4.98 Å². The minimum absolute atomic E-state index is 0.0284. The lowest BCUT2D eigenvalue weighted by Gasteiger charge is -2.27. The molecular formula is C16H20N4O2. The van der Waals surface area contributed by atoms with Crippen molar-refractivity contribution in [1.82, 2.24) is 20.4 Å². The Bertz CT molecular complexity index is 626. The Morgan fingerprint density at radius 3 is 2.91 bits per heavy atom. The van der Waals surface area contributed by atoms with Crippen molar-refractivity contribution in [2.24, 2.45) is 0 Å². The zero-order valence-electron chi connectivity index (χ0n) is 12.7. The molecule has 3 rings (SSSR count). The maximum atomic E-state index is 11.9. The summed E-state index contributed by atoms with van der Waals surface area (Å²) in [7, 11) is 0. The maximum absolute atomic E-state index is 11.9. The van der Waals surface area contributed by atoms with Crippen LogP contribution in [0.1, 0.15) is 36.7 Å². The van der Waals surface area contributed by atoms with Gasteiger partial charge in [0.25, 0.3) is 0 Å². The molecule has 1 N–H and O–H groups in total. The lowest BCUT2D eigenvalue weighted by molar-refractivity contribution is -0.121. The number of nitrogens with zero attached hydrogens (tertiary/aromatic N) is 3. The van der Waals surface area contributed by atoms with Gasteiger partial charge < -0.3 is 9.84 Å². The second-order valence-electron chi connectivity index (χ2n) is 5.41. The van der Waals surface area contributed by atoms with Crippen molar-refractivity contribution in [1.29, 1.82) is 0 Å². The van der Waals surface area contributed by atoms with Crippen molar-refractivity contribution in [2.45, 2.75) is 32.4 Å². The zero-order chi connectivity index (χ0) is 15.4. The lowest BCUT2D eigenvalue weighted by atomic mass is 10.0. The molecule has 0 saturated carbocycles. The van der Waals surface area contributed by atoms with E-state index < -0.39 is 0 Å². The van der Waals surface area contributed by atoms with Crippen molar-refractivity contribution < 1.29 is 9.32 Å². The monoisotopic (exact) mass is 300 g/mol. The molecule has 1 amide bonds. The molecule has 0 spiro atoms. The van der Waals surface area contributed by atoms with Crippen LogP contribution in [0.15, 0.2) is 34.9 Å². The van der Waals surface area contributed by atoms with Crippen molar-refractivity contribution in [3.8, 4) is 0 Å². The summed E-state index contributed by atoms with van der Waals surface area (Å²) in [6, 6.07) is 10.1. The van der Waals surface area contributed by atoms with Gasteiger partial charge in [0, 0.05) is 32.0 Å². The molecule has 0 aliphatic carbocycles. The van der Waals surface area contributed by atoms with Crippen molar-refractivity contribution in [3.05, 3.63) is 47.6 Å². The van der Waals surface area contributed by atoms with E-state index in [1.165, 1.54) is 0 Å². The third-order valence-corrected chi connectivity index (χ3v) is 3.89. The van der Waals surface area contributed by atoms with E-state index in [9.17, 15) is 4.79 Å². The molecule has 1 aliphatic rings. The van der Waals surface area contributed by atoms with Crippen LogP contribution in [0.2, 0.25) is 0 Å². The fraction of sp³-hybridized carbons (Fsp3) is 0.438. The molecule has 0 radical (unpaired) electrons. The van der Waals surface area contributed by atoms with Gasteiger partial charge in [-0.25, -0.2) is 0 Å². The van der Waals surface area contributed by atoms with E-state index in [2.05, 4.69) is 32.5 Å². The molecule has 6 heteroatoms. The number of nitrogens with one attached hydrogen (secondary N) is 1. The van der Waals surface area contributed by atoms with E-state index in [0.29, 0.717) is 25.4 Å². The van der Waals surface area contributed by atoms with Crippen LogP contribution in [0.25, 0.3) is 0 Å². The molecule has 1 aromatic carbocycles. The second-order valence-corrected chi connectivity index (χ2v) is 5.41. The summed E-state index contributed by atoms with van der Waals surface area (Å²) in [6.07, 6.45) is 1.20. The van der Waals surface area contributed by atoms with E-state index in [0.717, 1.165) is 24.4 Å². The summed E-state index contributed by atoms with van der Waals surface area (Å²) in [5.74, 6) is 1.40. The molecule has 1 saturated heterocycles. The Morgan fingerprint density at radius 1 is 1.36 bits per heavy atom. The summed E-state index contributed by atoms with van der Waals surface area (Å²) in [5, 5.41) is 6.87. The first-order valence-electron chi connectivity index (χ1n) is 7.63. The van der Waals surface area contributed by atoms with Gasteiger partial charge in [-0.1, -0.05) is 42.4 Å². The van der Waals surface area contributed by atoms with Gasteiger partial charge in [0.1, 0.15) is 0 Å². The summed E-state index contributed by atoms with van der Waals surface area (Å²) in [6.45, 7) is 3.95. The molecule has 22 heavy (non-hydrogen) atoms. The van der Waals surface area contributed by atoms with Gasteiger partial charge in [-0.15, -0.1) is 0 Å². The third kappa shape index (κ3) is 3.33. The Balaban J connectivity index is 1.83. The first-order chi connectivity index (χ1) is 10.8. The second kappa shape index (κ2) is 6.70. The summed E-state index contributed by atoms with van der Waals surface area (Å²) in [4.78, 5) is 18.5. The summed E-state index contributed by atoms with van der Waals surface area (Å²) >= 11 is 0. The minimum Gasteiger partial charge on any atom is -0.355 e. The highest BCUT2D eigenvalue weighted by molar-refractivity contribution is 5.77. The van der Waals surface area contributed by atoms with E-state index in [-0.39, 0.29) is 11.9 Å². The van der Waals surface area contributed by atoms with E-state index in [1.807, 2.05) is 25.1 Å². The van der Waals surface area contributed by atoms with Gasteiger partial charge in [0.05, 0.1) is 6.54 Å². The van der Waals surface area contributed by atoms with E-state index in [1.54, 1.807) is 0 Å². The van der Waals surface area contributed by atoms with Crippen LogP contribution in [0.5, 0.6) is 0 Å². The number of carbonyl (C=O) groups excluding carboxylic acids is 1. The smallest absolute Gasteiger partial charge is 0.240 e. The predicted molar refractivity (Wildman–Crippen MR) is 80.9 cm³/mol. The van der Waals surface area contributed by atoms with Crippen LogP contribution in [0, 0.1) is 0 Å². The molecule has 1 aromatic heterocycles. The quantitative estimate of drug-likeness (QED) is 0.930. The molecule has 1 unspecified atom stereocenters. The topological polar surface area (TPSA) is 71.3 Å². The first-order valence-corrected chi connectivity index (χ1v) is 7.63. The standard InChI is InChI=1S/C16H20N4O2/c1-2-14-18-16(22-19-14)11-20-9-8-17-15(21)10-13(20)12-6-4-3-5-7-12/h3-7,13H,2,8-11H2,1H3,(H,17,21). The molecule has 2 aromatic rings. The Hall–Kier alpha value is -2.21. The van der Waals surface area contributed by atoms with Crippen LogP contribution in [-0.2, 0) is 17.8 Å². The Labute approximate surface area is 129 Å². The number of carbonyl (C=O) groups is 1. The predicted octanol–water partition coefficient (Wildman–Crippen LogP) is 1.70. The number of hydrogen-bond donors (Lipinski definition) is 1. The molecule has 116 valence electrons. The molecule has 1 fully saturated rings. The molecule has 2 heterocycles. The molecule has 0 bridgehead atoms. The molecule has 1 atom stereocenters. The molecule has 6 nitrogen and oxygen atoms in total. The van der Waals surface area contributed by atoms with Crippen molar-refractivity contribution in [3.63, 3.8) is 0 Å². The fourth-order valence-corrected chi connectivity index (χ4v) is 2.74. The normalized spacial score (nSPS) is 19.7. The zero-order valence-corrected chi connectivity index (χ0v) is 12.7. The highest BCUT2D eigenvalue weighted by Crippen LogP contribution is 2.26. The van der Waals surface area contributed by atoms with Gasteiger partial charge in [0.2, 0.25) is 11.8 Å². The van der Waals surface area contributed by atoms with Gasteiger partial charge in [0.15, 0.2) is 5.82 Å². The van der Waals surface area contributed by atoms with Crippen LogP contribution < -0.4 is 5.32 Å². The number of amides is 1. The minimum atomic E-state index is 0.0284. The van der Waals surface area contributed by atoms with Gasteiger partial charge >= 0.3 is 0 Å². The number of hydrogen-bond acceptors (Lipinski definition) is 5. The number of aryl methyl sites for hydroxylation is 1. The third-order valence-electron chi connectivity index (χ3n) is 3.89. The lowest BCUT2D eigenvalue weighted by Crippen LogP contribution is -2.30. The van der Waals surface area contributed by atoms with Gasteiger partial charge in [-0.3, -0.25) is 9.69 Å². The van der Waals surface area contributed by atoms with Crippen LogP contribution >= 0.6 is 0 Å². The molecule has 1 aliphatic heterocycles. The average Bonchev–Trinajstić information content (AvgIpc) is 2.92. The van der Waals surface area contributed by atoms with Gasteiger partial charge in [-0.05, 0) is 5.56 Å². The number of benzene rings is 1. The highest BCUT2D eigenvalue weighted by atomic mass is 16.5. The van der Waals surface area contributed by atoms with Crippen molar-refractivity contribution >= 4 is 5.91 Å². The Morgan fingerprint density at radius 2 is 2.18 bits per heavy atom. The number of rotatable bonds is 4. The SMILES string of the molecule is CCc1noc(CN2CCNC(=O)CC2c2ccccc2)n1. The fourth-order valence-electron chi connectivity index (χ4n) is 2.74. The van der Waals surface area contributed by atoms with Crippen LogP contribution in [0.4, 0.5) is 0 Å². The first kappa shape index (κ1) is 14.7. The van der Waals surface area contributed by atoms with E-state index in [4.69, 9.17) is 4.52 Å². The highest BCUT2D eigenvalue weighted by Gasteiger charge is 2.27. The largest absolute Gasteiger partial charge is 0.355 e. The summed E-state index contributed by atoms with van der Waals surface area (Å²) < 4.78 is 5.30. The van der Waals surface area contributed by atoms with Crippen LogP contribution in [-0.4, -0.2) is 34.0 Å². The van der Waals surface area contributed by atoms with Crippen molar-refractivity contribution in [2.75, 3.05) is 13.1 Å². The average molecular weight is 300 g/mol. The van der Waals surface area contributed by atoms with Crippen LogP contribution in [0.3, 0.4) is 0 Å². The number of aromatic nitrogens is 2. The Kier molecular flexibility index (Phi) is 4.48. The van der Waals surface area contributed by atoms with E-state index >= 15 is 0 Å². The maximum Gasteiger partial charge on any atom is 0.240 e.